The van der Waals surface area contributed by atoms with Gasteiger partial charge in [-0.15, -0.1) is 0 Å². The number of carbonyl (C=O) groups is 3. The third-order valence-electron chi connectivity index (χ3n) is 11.2. The second kappa shape index (κ2) is 59.3. The van der Waals surface area contributed by atoms with Crippen molar-refractivity contribution in [2.75, 3.05) is 13.2 Å². The van der Waals surface area contributed by atoms with Gasteiger partial charge in [0.1, 0.15) is 13.2 Å². The summed E-state index contributed by atoms with van der Waals surface area (Å²) in [5.41, 5.74) is 0. The SMILES string of the molecule is CC/C=C\C/C=C\C/C=C\C/C=C\C/C=C\C/C=C\C/C=C\C/C=C\CCCCC(=O)OCC(COC(=O)CCCCCCCCCCC)OC(=O)CC/C=C\C/C=C\C/C=C\C/C=C\C/C=C\C/C=C\CC. The molecule has 0 heterocycles. The van der Waals surface area contributed by atoms with Gasteiger partial charge in [-0.2, -0.15) is 0 Å². The smallest absolute Gasteiger partial charge is 0.306 e. The Hall–Kier alpha value is -5.23. The average molecular weight is 1000 g/mol. The molecule has 0 spiro atoms. The van der Waals surface area contributed by atoms with Crippen LogP contribution in [0.2, 0.25) is 0 Å². The lowest BCUT2D eigenvalue weighted by atomic mass is 10.1. The Morgan fingerprint density at radius 2 is 0.562 bits per heavy atom. The summed E-state index contributed by atoms with van der Waals surface area (Å²) in [6.45, 7) is 6.26. The van der Waals surface area contributed by atoms with Gasteiger partial charge in [0, 0.05) is 19.3 Å². The topological polar surface area (TPSA) is 78.9 Å². The molecule has 0 aliphatic rings. The van der Waals surface area contributed by atoms with E-state index < -0.39 is 12.1 Å². The molecule has 0 N–H and O–H groups in total. The van der Waals surface area contributed by atoms with E-state index in [0.29, 0.717) is 19.3 Å². The highest BCUT2D eigenvalue weighted by atomic mass is 16.6. The van der Waals surface area contributed by atoms with Crippen LogP contribution in [0.25, 0.3) is 0 Å². The van der Waals surface area contributed by atoms with Gasteiger partial charge in [-0.25, -0.2) is 0 Å². The monoisotopic (exact) mass is 1000 g/mol. The van der Waals surface area contributed by atoms with Crippen LogP contribution in [0.3, 0.4) is 0 Å². The molecule has 0 aliphatic carbocycles. The summed E-state index contributed by atoms with van der Waals surface area (Å²) in [5, 5.41) is 0. The summed E-state index contributed by atoms with van der Waals surface area (Å²) >= 11 is 0. The van der Waals surface area contributed by atoms with Crippen LogP contribution in [0, 0.1) is 0 Å². The molecule has 0 aromatic heterocycles. The van der Waals surface area contributed by atoms with Gasteiger partial charge < -0.3 is 14.2 Å². The molecular weight excluding hydrogens is 901 g/mol. The van der Waals surface area contributed by atoms with Gasteiger partial charge in [0.25, 0.3) is 0 Å². The summed E-state index contributed by atoms with van der Waals surface area (Å²) in [7, 11) is 0. The number of hydrogen-bond donors (Lipinski definition) is 0. The molecular formula is C67H102O6. The molecule has 0 radical (unpaired) electrons. The first-order chi connectivity index (χ1) is 36.0. The maximum Gasteiger partial charge on any atom is 0.306 e. The van der Waals surface area contributed by atoms with E-state index in [-0.39, 0.29) is 38.0 Å². The zero-order chi connectivity index (χ0) is 52.9. The molecule has 0 bridgehead atoms. The van der Waals surface area contributed by atoms with Gasteiger partial charge in [-0.3, -0.25) is 14.4 Å². The van der Waals surface area contributed by atoms with Crippen LogP contribution >= 0.6 is 0 Å². The van der Waals surface area contributed by atoms with Crippen molar-refractivity contribution in [2.45, 2.75) is 219 Å². The molecule has 0 aromatic rings. The van der Waals surface area contributed by atoms with Crippen molar-refractivity contribution >= 4 is 17.9 Å². The minimum Gasteiger partial charge on any atom is -0.462 e. The summed E-state index contributed by atoms with van der Waals surface area (Å²) < 4.78 is 16.7. The van der Waals surface area contributed by atoms with Crippen LogP contribution in [0.4, 0.5) is 0 Å². The molecule has 0 aliphatic heterocycles. The fourth-order valence-corrected chi connectivity index (χ4v) is 7.01. The minimum absolute atomic E-state index is 0.129. The Morgan fingerprint density at radius 3 is 0.890 bits per heavy atom. The van der Waals surface area contributed by atoms with Crippen molar-refractivity contribution in [3.05, 3.63) is 170 Å². The van der Waals surface area contributed by atoms with E-state index >= 15 is 0 Å². The van der Waals surface area contributed by atoms with Crippen molar-refractivity contribution in [3.8, 4) is 0 Å². The predicted octanol–water partition coefficient (Wildman–Crippen LogP) is 19.5. The van der Waals surface area contributed by atoms with Crippen LogP contribution in [0.5, 0.6) is 0 Å². The zero-order valence-electron chi connectivity index (χ0n) is 46.3. The number of hydrogen-bond acceptors (Lipinski definition) is 6. The molecule has 1 unspecified atom stereocenters. The molecule has 0 aromatic carbocycles. The van der Waals surface area contributed by atoms with Crippen LogP contribution in [-0.4, -0.2) is 37.2 Å². The molecule has 0 amide bonds. The maximum atomic E-state index is 12.8. The fraction of sp³-hybridized carbons (Fsp3) is 0.537. The summed E-state index contributed by atoms with van der Waals surface area (Å²) in [6.07, 6.45) is 88.0. The van der Waals surface area contributed by atoms with Crippen LogP contribution in [0.15, 0.2) is 170 Å². The summed E-state index contributed by atoms with van der Waals surface area (Å²) in [6, 6.07) is 0. The minimum atomic E-state index is -0.843. The Kier molecular flexibility index (Phi) is 55.1. The summed E-state index contributed by atoms with van der Waals surface area (Å²) in [5.74, 6) is -1.08. The standard InChI is InChI=1S/C67H102O6/c1-4-7-10-13-16-19-21-23-25-27-29-30-31-32-33-34-35-36-38-39-41-43-45-48-51-54-57-60-66(69)72-63-64(62-71-65(68)59-56-53-50-47-18-15-12-9-6-3)73-67(70)61-58-55-52-49-46-44-42-40-37-28-26-24-22-20-17-14-11-8-5-2/h7-8,10-11,16-17,19-20,23-26,29-30,32-33,35-37,39-41,44-46,48,52,55,64H,4-6,9,12-15,18,21-22,27-28,31,34,38,42-43,47,49-51,53-54,56-63H2,1-3H3/b10-7-,11-8-,19-16-,20-17-,25-23-,26-24-,30-29-,33-32-,36-35-,40-37-,41-39-,46-44-,48-45-,55-52-. The molecule has 0 saturated carbocycles. The van der Waals surface area contributed by atoms with Gasteiger partial charge in [-0.05, 0) is 122 Å². The van der Waals surface area contributed by atoms with Gasteiger partial charge in [0.15, 0.2) is 6.10 Å². The molecule has 6 nitrogen and oxygen atoms in total. The number of allylic oxidation sites excluding steroid dienone is 28. The average Bonchev–Trinajstić information content (AvgIpc) is 3.39. The largest absolute Gasteiger partial charge is 0.462 e. The van der Waals surface area contributed by atoms with Crippen molar-refractivity contribution in [1.29, 1.82) is 0 Å². The third kappa shape index (κ3) is 57.5. The molecule has 6 heteroatoms. The first-order valence-corrected chi connectivity index (χ1v) is 28.6. The lowest BCUT2D eigenvalue weighted by molar-refractivity contribution is -0.166. The molecule has 0 fully saturated rings. The molecule has 73 heavy (non-hydrogen) atoms. The lowest BCUT2D eigenvalue weighted by Crippen LogP contribution is -2.30. The second-order valence-corrected chi connectivity index (χ2v) is 18.1. The number of ether oxygens (including phenoxy) is 3. The van der Waals surface area contributed by atoms with E-state index in [0.717, 1.165) is 122 Å². The molecule has 0 saturated heterocycles. The maximum absolute atomic E-state index is 12.8. The number of unbranched alkanes of at least 4 members (excludes halogenated alkanes) is 10. The van der Waals surface area contributed by atoms with Crippen molar-refractivity contribution in [3.63, 3.8) is 0 Å². The number of esters is 3. The lowest BCUT2D eigenvalue weighted by Gasteiger charge is -2.18. The Labute approximate surface area is 447 Å². The van der Waals surface area contributed by atoms with Crippen LogP contribution < -0.4 is 0 Å². The Balaban J connectivity index is 4.49. The molecule has 406 valence electrons. The van der Waals surface area contributed by atoms with Gasteiger partial charge in [-0.1, -0.05) is 242 Å². The van der Waals surface area contributed by atoms with Crippen LogP contribution in [-0.2, 0) is 28.6 Å². The first-order valence-electron chi connectivity index (χ1n) is 28.6. The number of carbonyl (C=O) groups excluding carboxylic acids is 3. The highest BCUT2D eigenvalue weighted by molar-refractivity contribution is 5.71. The van der Waals surface area contributed by atoms with E-state index in [1.54, 1.807) is 0 Å². The first kappa shape index (κ1) is 67.8. The van der Waals surface area contributed by atoms with E-state index in [2.05, 4.69) is 179 Å². The van der Waals surface area contributed by atoms with Gasteiger partial charge in [0.2, 0.25) is 0 Å². The van der Waals surface area contributed by atoms with E-state index in [9.17, 15) is 14.4 Å². The van der Waals surface area contributed by atoms with E-state index in [1.807, 2.05) is 12.2 Å². The summed E-state index contributed by atoms with van der Waals surface area (Å²) in [4.78, 5) is 38.0. The normalized spacial score (nSPS) is 13.4. The van der Waals surface area contributed by atoms with E-state index in [1.165, 1.54) is 38.5 Å². The Bertz CT molecular complexity index is 1720. The predicted molar refractivity (Wildman–Crippen MR) is 315 cm³/mol. The number of rotatable bonds is 49. The van der Waals surface area contributed by atoms with Crippen molar-refractivity contribution < 1.29 is 28.6 Å². The third-order valence-corrected chi connectivity index (χ3v) is 11.2. The quantitative estimate of drug-likeness (QED) is 0.0261. The van der Waals surface area contributed by atoms with Gasteiger partial charge in [0.05, 0.1) is 0 Å². The van der Waals surface area contributed by atoms with Crippen LogP contribution in [0.1, 0.15) is 213 Å². The van der Waals surface area contributed by atoms with Crippen molar-refractivity contribution in [2.24, 2.45) is 0 Å². The fourth-order valence-electron chi connectivity index (χ4n) is 7.01. The van der Waals surface area contributed by atoms with Crippen molar-refractivity contribution in [1.82, 2.24) is 0 Å². The highest BCUT2D eigenvalue weighted by Gasteiger charge is 2.19. The van der Waals surface area contributed by atoms with E-state index in [4.69, 9.17) is 14.2 Å². The highest BCUT2D eigenvalue weighted by Crippen LogP contribution is 2.12. The second-order valence-electron chi connectivity index (χ2n) is 18.1. The Morgan fingerprint density at radius 1 is 0.288 bits per heavy atom. The zero-order valence-corrected chi connectivity index (χ0v) is 46.3. The molecule has 1 atom stereocenters. The molecule has 0 rings (SSSR count). The van der Waals surface area contributed by atoms with Gasteiger partial charge >= 0.3 is 17.9 Å².